The molecule has 0 saturated heterocycles. The maximum Gasteiger partial charge on any atom is 0.281 e. The number of aryl methyl sites for hydroxylation is 2. The molecule has 0 unspecified atom stereocenters. The third-order valence-electron chi connectivity index (χ3n) is 4.43. The summed E-state index contributed by atoms with van der Waals surface area (Å²) in [7, 11) is -4.78. The number of anilines is 2. The maximum absolute atomic E-state index is 12.9. The monoisotopic (exact) mass is 479 g/mol. The van der Waals surface area contributed by atoms with Crippen molar-refractivity contribution >= 4 is 53.9 Å². The Labute approximate surface area is 182 Å². The van der Waals surface area contributed by atoms with Crippen molar-refractivity contribution in [3.63, 3.8) is 0 Å². The fraction of sp³-hybridized carbons (Fsp3) is 0.111. The van der Waals surface area contributed by atoms with Crippen LogP contribution in [0.4, 0.5) is 11.4 Å². The van der Waals surface area contributed by atoms with Gasteiger partial charge in [-0.15, -0.1) is 0 Å². The molecule has 2 N–H and O–H groups in total. The summed E-state index contributed by atoms with van der Waals surface area (Å²) in [6, 6.07) is 10.2. The molecule has 0 radical (unpaired) electrons. The number of para-hydroxylation sites is 2. The van der Waals surface area contributed by atoms with Crippen LogP contribution < -0.4 is 14.2 Å². The Hall–Kier alpha value is -3.16. The van der Waals surface area contributed by atoms with Gasteiger partial charge in [-0.1, -0.05) is 12.1 Å². The second kappa shape index (κ2) is 7.51. The van der Waals surface area contributed by atoms with E-state index in [0.29, 0.717) is 10.9 Å². The van der Waals surface area contributed by atoms with E-state index in [-0.39, 0.29) is 26.0 Å². The molecular weight excluding hydrogens is 462 g/mol. The van der Waals surface area contributed by atoms with Crippen molar-refractivity contribution in [2.75, 3.05) is 9.44 Å². The van der Waals surface area contributed by atoms with Gasteiger partial charge >= 0.3 is 0 Å². The summed E-state index contributed by atoms with van der Waals surface area (Å²) in [5, 5.41) is 0.0888. The number of imidazole rings is 1. The molecule has 2 heterocycles. The van der Waals surface area contributed by atoms with Crippen LogP contribution in [0.3, 0.4) is 0 Å². The highest BCUT2D eigenvalue weighted by molar-refractivity contribution is 7.93. The second-order valence-electron chi connectivity index (χ2n) is 6.69. The van der Waals surface area contributed by atoms with Crippen molar-refractivity contribution in [1.82, 2.24) is 13.5 Å². The van der Waals surface area contributed by atoms with Gasteiger partial charge in [0.25, 0.3) is 24.8 Å². The SMILES string of the molecule is Cn1cnc(S(=O)(=O)Nc2ccccc2NS(=O)(=O)c2ccc3c(c2)c(=O)sn3C)c1. The number of hydrogen-bond donors (Lipinski definition) is 2. The van der Waals surface area contributed by atoms with E-state index in [1.54, 1.807) is 36.3 Å². The smallest absolute Gasteiger partial charge is 0.281 e. The fourth-order valence-electron chi connectivity index (χ4n) is 2.93. The number of rotatable bonds is 6. The van der Waals surface area contributed by atoms with Gasteiger partial charge < -0.3 is 4.57 Å². The van der Waals surface area contributed by atoms with Crippen LogP contribution in [-0.2, 0) is 34.1 Å². The second-order valence-corrected chi connectivity index (χ2v) is 11.1. The first kappa shape index (κ1) is 21.1. The zero-order valence-corrected chi connectivity index (χ0v) is 18.8. The molecule has 4 aromatic rings. The number of sulfonamides is 2. The molecule has 2 aromatic heterocycles. The largest absolute Gasteiger partial charge is 0.339 e. The van der Waals surface area contributed by atoms with Crippen molar-refractivity contribution in [2.24, 2.45) is 14.1 Å². The van der Waals surface area contributed by atoms with Crippen LogP contribution in [0.15, 0.2) is 69.7 Å². The minimum absolute atomic E-state index is 0.0281. The minimum atomic E-state index is -4.10. The molecule has 4 rings (SSSR count). The number of nitrogens with one attached hydrogen (secondary N) is 2. The molecule has 0 fully saturated rings. The van der Waals surface area contributed by atoms with E-state index in [1.165, 1.54) is 41.4 Å². The zero-order valence-electron chi connectivity index (χ0n) is 16.3. The predicted octanol–water partition coefficient (Wildman–Crippen LogP) is 1.94. The lowest BCUT2D eigenvalue weighted by atomic mass is 10.2. The van der Waals surface area contributed by atoms with Crippen molar-refractivity contribution < 1.29 is 16.8 Å². The molecule has 0 saturated carbocycles. The van der Waals surface area contributed by atoms with Gasteiger partial charge in [-0.2, -0.15) is 8.42 Å². The third kappa shape index (κ3) is 4.06. The molecule has 0 aliphatic carbocycles. The lowest BCUT2D eigenvalue weighted by Gasteiger charge is -2.14. The standard InChI is InChI=1S/C18H17N5O5S3/c1-22-10-17(19-11-22)31(27,28)21-15-6-4-3-5-14(15)20-30(25,26)12-7-8-16-13(9-12)18(24)29-23(16)2/h3-11,20-21H,1-2H3. The Balaban J connectivity index is 1.68. The molecule has 0 aliphatic rings. The van der Waals surface area contributed by atoms with E-state index in [9.17, 15) is 21.6 Å². The highest BCUT2D eigenvalue weighted by atomic mass is 32.2. The summed E-state index contributed by atoms with van der Waals surface area (Å²) in [6.07, 6.45) is 2.67. The molecule has 0 amide bonds. The van der Waals surface area contributed by atoms with E-state index in [0.717, 1.165) is 11.5 Å². The van der Waals surface area contributed by atoms with Crippen molar-refractivity contribution in [1.29, 1.82) is 0 Å². The van der Waals surface area contributed by atoms with Crippen molar-refractivity contribution in [2.45, 2.75) is 9.92 Å². The Morgan fingerprint density at radius 2 is 1.58 bits per heavy atom. The molecule has 162 valence electrons. The molecule has 13 heteroatoms. The van der Waals surface area contributed by atoms with Crippen molar-refractivity contribution in [3.8, 4) is 0 Å². The number of hydrogen-bond acceptors (Lipinski definition) is 7. The summed E-state index contributed by atoms with van der Waals surface area (Å²) in [5.74, 6) is 0. The summed E-state index contributed by atoms with van der Waals surface area (Å²) in [6.45, 7) is 0. The topological polar surface area (TPSA) is 132 Å². The molecule has 31 heavy (non-hydrogen) atoms. The van der Waals surface area contributed by atoms with Crippen LogP contribution in [-0.4, -0.2) is 30.3 Å². The Kier molecular flexibility index (Phi) is 5.11. The maximum atomic E-state index is 12.9. The first-order valence-electron chi connectivity index (χ1n) is 8.79. The van der Waals surface area contributed by atoms with E-state index >= 15 is 0 Å². The first-order valence-corrected chi connectivity index (χ1v) is 12.5. The van der Waals surface area contributed by atoms with Gasteiger partial charge in [-0.3, -0.25) is 18.2 Å². The first-order chi connectivity index (χ1) is 14.6. The van der Waals surface area contributed by atoms with E-state index < -0.39 is 20.0 Å². The Morgan fingerprint density at radius 1 is 0.935 bits per heavy atom. The molecular formula is C18H17N5O5S3. The van der Waals surface area contributed by atoms with Gasteiger partial charge in [0.1, 0.15) is 0 Å². The van der Waals surface area contributed by atoms with Crippen LogP contribution in [0.2, 0.25) is 0 Å². The van der Waals surface area contributed by atoms with Crippen LogP contribution in [0.25, 0.3) is 10.9 Å². The van der Waals surface area contributed by atoms with Gasteiger partial charge in [-0.05, 0) is 41.9 Å². The number of aromatic nitrogens is 3. The van der Waals surface area contributed by atoms with E-state index in [1.807, 2.05) is 0 Å². The van der Waals surface area contributed by atoms with Crippen LogP contribution in [0.5, 0.6) is 0 Å². The molecule has 0 atom stereocenters. The normalized spacial score (nSPS) is 12.2. The summed E-state index contributed by atoms with van der Waals surface area (Å²) in [5.41, 5.74) is 0.682. The highest BCUT2D eigenvalue weighted by Gasteiger charge is 2.22. The van der Waals surface area contributed by atoms with Gasteiger partial charge in [0, 0.05) is 20.3 Å². The molecule has 10 nitrogen and oxygen atoms in total. The average Bonchev–Trinajstić information content (AvgIpc) is 3.27. The lowest BCUT2D eigenvalue weighted by molar-refractivity contribution is 0.597. The Morgan fingerprint density at radius 3 is 2.19 bits per heavy atom. The number of fused-ring (bicyclic) bond motifs is 1. The zero-order chi connectivity index (χ0) is 22.4. The van der Waals surface area contributed by atoms with Crippen LogP contribution in [0.1, 0.15) is 0 Å². The molecule has 0 aliphatic heterocycles. The van der Waals surface area contributed by atoms with Crippen LogP contribution >= 0.6 is 11.5 Å². The van der Waals surface area contributed by atoms with Gasteiger partial charge in [0.15, 0.2) is 5.03 Å². The van der Waals surface area contributed by atoms with Crippen LogP contribution in [0, 0.1) is 0 Å². The third-order valence-corrected chi connectivity index (χ3v) is 7.90. The molecule has 0 spiro atoms. The van der Waals surface area contributed by atoms with Gasteiger partial charge in [0.2, 0.25) is 0 Å². The summed E-state index contributed by atoms with van der Waals surface area (Å²) in [4.78, 5) is 15.8. The quantitative estimate of drug-likeness (QED) is 0.434. The van der Waals surface area contributed by atoms with Crippen molar-refractivity contribution in [3.05, 3.63) is 64.5 Å². The van der Waals surface area contributed by atoms with E-state index in [4.69, 9.17) is 0 Å². The summed E-state index contributed by atoms with van der Waals surface area (Å²) >= 11 is 0.976. The highest BCUT2D eigenvalue weighted by Crippen LogP contribution is 2.27. The van der Waals surface area contributed by atoms with Gasteiger partial charge in [0.05, 0.1) is 33.5 Å². The number of benzene rings is 2. The lowest BCUT2D eigenvalue weighted by Crippen LogP contribution is -2.18. The van der Waals surface area contributed by atoms with Gasteiger partial charge in [-0.25, -0.2) is 13.4 Å². The predicted molar refractivity (Wildman–Crippen MR) is 118 cm³/mol. The fourth-order valence-corrected chi connectivity index (χ4v) is 5.87. The molecule has 2 aromatic carbocycles. The summed E-state index contributed by atoms with van der Waals surface area (Å²) < 4.78 is 58.7. The number of nitrogens with zero attached hydrogens (tertiary/aromatic N) is 3. The minimum Gasteiger partial charge on any atom is -0.339 e. The molecule has 0 bridgehead atoms. The average molecular weight is 480 g/mol. The Bertz CT molecular complexity index is 1570. The van der Waals surface area contributed by atoms with E-state index in [2.05, 4.69) is 14.4 Å².